The Kier molecular flexibility index (Phi) is 5.38. The van der Waals surface area contributed by atoms with Crippen LogP contribution >= 0.6 is 0 Å². The highest BCUT2D eigenvalue weighted by molar-refractivity contribution is 5.90. The summed E-state index contributed by atoms with van der Waals surface area (Å²) in [6, 6.07) is 6.15. The van der Waals surface area contributed by atoms with Gasteiger partial charge in [0.05, 0.1) is 6.54 Å². The van der Waals surface area contributed by atoms with Crippen LogP contribution in [0.5, 0.6) is 5.75 Å². The molecule has 1 rings (SSSR count). The minimum Gasteiger partial charge on any atom is -0.488 e. The summed E-state index contributed by atoms with van der Waals surface area (Å²) in [5.41, 5.74) is -1.80. The summed E-state index contributed by atoms with van der Waals surface area (Å²) < 4.78 is 5.65. The average molecular weight is 310 g/mol. The van der Waals surface area contributed by atoms with Gasteiger partial charge < -0.3 is 25.6 Å². The standard InChI is InChI=1S/C15H22N2O5/c1-14(2,3)22-11-7-5-10(6-8-11)17-13(20)16-9-15(4,21)12(18)19/h5-8,21H,9H2,1-4H3,(H,18,19)(H2,16,17,20). The van der Waals surface area contributed by atoms with Crippen molar-refractivity contribution in [1.82, 2.24) is 5.32 Å². The molecule has 1 aromatic rings. The van der Waals surface area contributed by atoms with Crippen molar-refractivity contribution < 1.29 is 24.5 Å². The van der Waals surface area contributed by atoms with Crippen molar-refractivity contribution in [2.75, 3.05) is 11.9 Å². The van der Waals surface area contributed by atoms with E-state index < -0.39 is 24.1 Å². The van der Waals surface area contributed by atoms with Gasteiger partial charge in [0, 0.05) is 5.69 Å². The minimum atomic E-state index is -2.01. The lowest BCUT2D eigenvalue weighted by Gasteiger charge is -2.21. The van der Waals surface area contributed by atoms with Gasteiger partial charge in [0.1, 0.15) is 11.4 Å². The molecule has 0 aliphatic carbocycles. The quantitative estimate of drug-likeness (QED) is 0.663. The zero-order valence-electron chi connectivity index (χ0n) is 13.1. The third-order valence-electron chi connectivity index (χ3n) is 2.59. The lowest BCUT2D eigenvalue weighted by Crippen LogP contribution is -2.47. The van der Waals surface area contributed by atoms with Crippen molar-refractivity contribution in [3.8, 4) is 5.75 Å². The van der Waals surface area contributed by atoms with Crippen LogP contribution in [-0.2, 0) is 4.79 Å². The second kappa shape index (κ2) is 6.65. The van der Waals surface area contributed by atoms with E-state index in [2.05, 4.69) is 10.6 Å². The van der Waals surface area contributed by atoms with Crippen molar-refractivity contribution in [3.63, 3.8) is 0 Å². The van der Waals surface area contributed by atoms with E-state index in [4.69, 9.17) is 9.84 Å². The van der Waals surface area contributed by atoms with Crippen LogP contribution in [0.1, 0.15) is 27.7 Å². The van der Waals surface area contributed by atoms with Gasteiger partial charge in [-0.3, -0.25) is 0 Å². The van der Waals surface area contributed by atoms with Crippen LogP contribution in [0.15, 0.2) is 24.3 Å². The number of hydrogen-bond donors (Lipinski definition) is 4. The van der Waals surface area contributed by atoms with Crippen molar-refractivity contribution in [2.45, 2.75) is 38.9 Å². The summed E-state index contributed by atoms with van der Waals surface area (Å²) in [6.07, 6.45) is 0. The number of benzene rings is 1. The Balaban J connectivity index is 2.53. The van der Waals surface area contributed by atoms with E-state index in [0.717, 1.165) is 6.92 Å². The number of aliphatic carboxylic acids is 1. The fraction of sp³-hybridized carbons (Fsp3) is 0.467. The number of carbonyl (C=O) groups excluding carboxylic acids is 1. The van der Waals surface area contributed by atoms with Gasteiger partial charge in [0.15, 0.2) is 5.60 Å². The van der Waals surface area contributed by atoms with Gasteiger partial charge in [0.25, 0.3) is 0 Å². The number of carboxylic acids is 1. The molecule has 1 atom stereocenters. The van der Waals surface area contributed by atoms with E-state index in [0.29, 0.717) is 11.4 Å². The molecule has 0 radical (unpaired) electrons. The monoisotopic (exact) mass is 310 g/mol. The molecule has 2 amide bonds. The largest absolute Gasteiger partial charge is 0.488 e. The lowest BCUT2D eigenvalue weighted by atomic mass is 10.1. The first-order chi connectivity index (χ1) is 9.99. The molecule has 7 heteroatoms. The maximum absolute atomic E-state index is 11.6. The molecule has 7 nitrogen and oxygen atoms in total. The smallest absolute Gasteiger partial charge is 0.337 e. The van der Waals surface area contributed by atoms with Gasteiger partial charge in [-0.05, 0) is 52.0 Å². The molecular weight excluding hydrogens is 288 g/mol. The van der Waals surface area contributed by atoms with Crippen LogP contribution in [-0.4, -0.2) is 40.0 Å². The predicted molar refractivity (Wildman–Crippen MR) is 82.1 cm³/mol. The zero-order valence-corrected chi connectivity index (χ0v) is 13.1. The molecule has 122 valence electrons. The van der Waals surface area contributed by atoms with Crippen molar-refractivity contribution in [2.24, 2.45) is 0 Å². The average Bonchev–Trinajstić information content (AvgIpc) is 2.37. The second-order valence-corrected chi connectivity index (χ2v) is 6.13. The number of nitrogens with one attached hydrogen (secondary N) is 2. The number of hydrogen-bond acceptors (Lipinski definition) is 4. The predicted octanol–water partition coefficient (Wildman–Crippen LogP) is 1.82. The topological polar surface area (TPSA) is 108 Å². The summed E-state index contributed by atoms with van der Waals surface area (Å²) in [5.74, 6) is -0.733. The normalized spacial score (nSPS) is 13.9. The van der Waals surface area contributed by atoms with Crippen LogP contribution in [0.3, 0.4) is 0 Å². The van der Waals surface area contributed by atoms with Gasteiger partial charge in [-0.25, -0.2) is 9.59 Å². The maximum atomic E-state index is 11.6. The van der Waals surface area contributed by atoms with Crippen molar-refractivity contribution in [1.29, 1.82) is 0 Å². The summed E-state index contributed by atoms with van der Waals surface area (Å²) in [6.45, 7) is 6.50. The number of carboxylic acid groups (broad SMARTS) is 1. The van der Waals surface area contributed by atoms with Crippen LogP contribution in [0.4, 0.5) is 10.5 Å². The molecule has 0 spiro atoms. The fourth-order valence-electron chi connectivity index (χ4n) is 1.46. The van der Waals surface area contributed by atoms with E-state index in [1.807, 2.05) is 20.8 Å². The molecule has 0 saturated carbocycles. The molecule has 0 aliphatic rings. The minimum absolute atomic E-state index is 0.311. The second-order valence-electron chi connectivity index (χ2n) is 6.13. The lowest BCUT2D eigenvalue weighted by molar-refractivity contribution is -0.155. The Bertz CT molecular complexity index is 532. The molecule has 4 N–H and O–H groups in total. The van der Waals surface area contributed by atoms with E-state index in [1.54, 1.807) is 24.3 Å². The number of aliphatic hydroxyl groups is 1. The maximum Gasteiger partial charge on any atom is 0.337 e. The molecule has 0 aromatic heterocycles. The van der Waals surface area contributed by atoms with Gasteiger partial charge in [-0.1, -0.05) is 0 Å². The molecule has 0 fully saturated rings. The highest BCUT2D eigenvalue weighted by atomic mass is 16.5. The van der Waals surface area contributed by atoms with Crippen molar-refractivity contribution >= 4 is 17.7 Å². The molecule has 22 heavy (non-hydrogen) atoms. The third kappa shape index (κ3) is 6.01. The SMILES string of the molecule is CC(C)(C)Oc1ccc(NC(=O)NCC(C)(O)C(=O)O)cc1. The van der Waals surface area contributed by atoms with Gasteiger partial charge in [-0.2, -0.15) is 0 Å². The number of anilines is 1. The van der Waals surface area contributed by atoms with Gasteiger partial charge in [0.2, 0.25) is 0 Å². The first kappa shape index (κ1) is 17.8. The Hall–Kier alpha value is -2.28. The molecule has 1 unspecified atom stereocenters. The van der Waals surface area contributed by atoms with Crippen LogP contribution < -0.4 is 15.4 Å². The molecule has 0 aliphatic heterocycles. The summed E-state index contributed by atoms with van der Waals surface area (Å²) in [5, 5.41) is 23.1. The van der Waals surface area contributed by atoms with Crippen LogP contribution in [0.25, 0.3) is 0 Å². The number of ether oxygens (including phenoxy) is 1. The Morgan fingerprint density at radius 2 is 1.68 bits per heavy atom. The summed E-state index contributed by atoms with van der Waals surface area (Å²) in [4.78, 5) is 22.3. The number of carbonyl (C=O) groups is 2. The first-order valence-electron chi connectivity index (χ1n) is 6.79. The van der Waals surface area contributed by atoms with Crippen molar-refractivity contribution in [3.05, 3.63) is 24.3 Å². The Morgan fingerprint density at radius 1 is 1.14 bits per heavy atom. The molecule has 0 heterocycles. The Morgan fingerprint density at radius 3 is 2.14 bits per heavy atom. The highest BCUT2D eigenvalue weighted by Gasteiger charge is 2.30. The third-order valence-corrected chi connectivity index (χ3v) is 2.59. The van der Waals surface area contributed by atoms with E-state index in [-0.39, 0.29) is 5.60 Å². The van der Waals surface area contributed by atoms with E-state index >= 15 is 0 Å². The van der Waals surface area contributed by atoms with Crippen LogP contribution in [0.2, 0.25) is 0 Å². The first-order valence-corrected chi connectivity index (χ1v) is 6.79. The number of urea groups is 1. The van der Waals surface area contributed by atoms with Gasteiger partial charge >= 0.3 is 12.0 Å². The fourth-order valence-corrected chi connectivity index (χ4v) is 1.46. The van der Waals surface area contributed by atoms with Crippen LogP contribution in [0, 0.1) is 0 Å². The number of amides is 2. The Labute approximate surface area is 129 Å². The molecule has 0 bridgehead atoms. The zero-order chi connectivity index (χ0) is 17.0. The summed E-state index contributed by atoms with van der Waals surface area (Å²) in [7, 11) is 0. The van der Waals surface area contributed by atoms with Gasteiger partial charge in [-0.15, -0.1) is 0 Å². The summed E-state index contributed by atoms with van der Waals surface area (Å²) >= 11 is 0. The highest BCUT2D eigenvalue weighted by Crippen LogP contribution is 2.20. The molecule has 1 aromatic carbocycles. The number of rotatable bonds is 5. The molecule has 0 saturated heterocycles. The van der Waals surface area contributed by atoms with E-state index in [1.165, 1.54) is 0 Å². The van der Waals surface area contributed by atoms with E-state index in [9.17, 15) is 14.7 Å². The molecular formula is C15H22N2O5.